The van der Waals surface area contributed by atoms with Crippen molar-refractivity contribution in [1.29, 1.82) is 0 Å². The summed E-state index contributed by atoms with van der Waals surface area (Å²) in [6.07, 6.45) is 0. The number of rotatable bonds is 3. The van der Waals surface area contributed by atoms with E-state index in [9.17, 15) is 0 Å². The number of anilines is 1. The molecule has 0 radical (unpaired) electrons. The van der Waals surface area contributed by atoms with Gasteiger partial charge >= 0.3 is 0 Å². The van der Waals surface area contributed by atoms with Crippen LogP contribution < -0.4 is 5.73 Å². The van der Waals surface area contributed by atoms with Gasteiger partial charge in [-0.3, -0.25) is 0 Å². The summed E-state index contributed by atoms with van der Waals surface area (Å²) in [6.45, 7) is 4.30. The van der Waals surface area contributed by atoms with E-state index < -0.39 is 0 Å². The standard InChI is InChI=1S/C8H12ClN3S/c1-5(2)4-13-7-3-6(9)11-8(10)12-7/h3,5H,4H2,1-2H3,(H2,10,11,12). The van der Waals surface area contributed by atoms with Crippen LogP contribution >= 0.6 is 23.4 Å². The molecule has 1 rings (SSSR count). The summed E-state index contributed by atoms with van der Waals surface area (Å²) >= 11 is 7.36. The molecule has 0 aromatic carbocycles. The minimum absolute atomic E-state index is 0.235. The SMILES string of the molecule is CC(C)CSc1cc(Cl)nc(N)n1. The zero-order chi connectivity index (χ0) is 9.84. The molecule has 0 fully saturated rings. The number of aromatic nitrogens is 2. The van der Waals surface area contributed by atoms with E-state index in [1.807, 2.05) is 0 Å². The van der Waals surface area contributed by atoms with Crippen molar-refractivity contribution in [2.75, 3.05) is 11.5 Å². The van der Waals surface area contributed by atoms with Crippen molar-refractivity contribution in [3.63, 3.8) is 0 Å². The van der Waals surface area contributed by atoms with E-state index in [4.69, 9.17) is 17.3 Å². The first-order valence-corrected chi connectivity index (χ1v) is 5.37. The molecule has 13 heavy (non-hydrogen) atoms. The highest BCUT2D eigenvalue weighted by Crippen LogP contribution is 2.21. The van der Waals surface area contributed by atoms with Gasteiger partial charge in [-0.05, 0) is 5.92 Å². The topological polar surface area (TPSA) is 51.8 Å². The first kappa shape index (κ1) is 10.6. The Morgan fingerprint density at radius 2 is 2.23 bits per heavy atom. The fourth-order valence-electron chi connectivity index (χ4n) is 0.740. The Morgan fingerprint density at radius 3 is 2.77 bits per heavy atom. The lowest BCUT2D eigenvalue weighted by molar-refractivity contribution is 0.749. The van der Waals surface area contributed by atoms with Gasteiger partial charge in [0.05, 0.1) is 0 Å². The van der Waals surface area contributed by atoms with Crippen molar-refractivity contribution in [3.05, 3.63) is 11.2 Å². The second kappa shape index (κ2) is 4.67. The molecule has 0 atom stereocenters. The van der Waals surface area contributed by atoms with E-state index in [2.05, 4.69) is 23.8 Å². The van der Waals surface area contributed by atoms with Gasteiger partial charge in [-0.1, -0.05) is 25.4 Å². The van der Waals surface area contributed by atoms with Gasteiger partial charge < -0.3 is 5.73 Å². The number of nitrogen functional groups attached to an aromatic ring is 1. The minimum atomic E-state index is 0.235. The van der Waals surface area contributed by atoms with Gasteiger partial charge in [0.1, 0.15) is 10.2 Å². The van der Waals surface area contributed by atoms with Crippen LogP contribution in [0.2, 0.25) is 5.15 Å². The molecule has 0 saturated carbocycles. The lowest BCUT2D eigenvalue weighted by atomic mass is 10.3. The van der Waals surface area contributed by atoms with Crippen molar-refractivity contribution in [1.82, 2.24) is 9.97 Å². The molecule has 72 valence electrons. The third-order valence-corrected chi connectivity index (χ3v) is 2.79. The average molecular weight is 218 g/mol. The van der Waals surface area contributed by atoms with Crippen molar-refractivity contribution in [3.8, 4) is 0 Å². The molecule has 3 nitrogen and oxygen atoms in total. The second-order valence-electron chi connectivity index (χ2n) is 3.09. The van der Waals surface area contributed by atoms with Gasteiger partial charge in [0, 0.05) is 11.8 Å². The lowest BCUT2D eigenvalue weighted by Gasteiger charge is -2.04. The third kappa shape index (κ3) is 3.83. The molecule has 1 heterocycles. The van der Waals surface area contributed by atoms with Crippen LogP contribution in [0.15, 0.2) is 11.1 Å². The molecule has 0 bridgehead atoms. The highest BCUT2D eigenvalue weighted by molar-refractivity contribution is 7.99. The van der Waals surface area contributed by atoms with E-state index in [0.29, 0.717) is 11.1 Å². The second-order valence-corrected chi connectivity index (χ2v) is 4.52. The van der Waals surface area contributed by atoms with Crippen LogP contribution in [0, 0.1) is 5.92 Å². The molecule has 0 aliphatic carbocycles. The van der Waals surface area contributed by atoms with Crippen LogP contribution in [0.5, 0.6) is 0 Å². The quantitative estimate of drug-likeness (QED) is 0.624. The number of thioether (sulfide) groups is 1. The highest BCUT2D eigenvalue weighted by atomic mass is 35.5. The molecule has 0 amide bonds. The van der Waals surface area contributed by atoms with Crippen molar-refractivity contribution in [2.24, 2.45) is 5.92 Å². The van der Waals surface area contributed by atoms with Crippen molar-refractivity contribution < 1.29 is 0 Å². The predicted octanol–water partition coefficient (Wildman–Crippen LogP) is 2.46. The summed E-state index contributed by atoms with van der Waals surface area (Å²) in [4.78, 5) is 7.83. The number of hydrogen-bond donors (Lipinski definition) is 1. The number of halogens is 1. The van der Waals surface area contributed by atoms with Crippen molar-refractivity contribution >= 4 is 29.3 Å². The molecule has 0 spiro atoms. The molecule has 5 heteroatoms. The maximum Gasteiger partial charge on any atom is 0.222 e. The van der Waals surface area contributed by atoms with E-state index >= 15 is 0 Å². The Morgan fingerprint density at radius 1 is 1.54 bits per heavy atom. The number of hydrogen-bond acceptors (Lipinski definition) is 4. The van der Waals surface area contributed by atoms with Gasteiger partial charge in [0.25, 0.3) is 0 Å². The van der Waals surface area contributed by atoms with Gasteiger partial charge in [-0.15, -0.1) is 11.8 Å². The fraction of sp³-hybridized carbons (Fsp3) is 0.500. The van der Waals surface area contributed by atoms with E-state index in [1.54, 1.807) is 17.8 Å². The predicted molar refractivity (Wildman–Crippen MR) is 57.0 cm³/mol. The van der Waals surface area contributed by atoms with Crippen LogP contribution in [0.4, 0.5) is 5.95 Å². The summed E-state index contributed by atoms with van der Waals surface area (Å²) in [5.41, 5.74) is 5.45. The number of nitrogens with zero attached hydrogens (tertiary/aromatic N) is 2. The van der Waals surface area contributed by atoms with Gasteiger partial charge in [-0.25, -0.2) is 9.97 Å². The molecule has 1 aromatic rings. The smallest absolute Gasteiger partial charge is 0.222 e. The molecule has 1 aromatic heterocycles. The first-order valence-electron chi connectivity index (χ1n) is 4.01. The Hall–Kier alpha value is -0.480. The molecular weight excluding hydrogens is 206 g/mol. The molecule has 2 N–H and O–H groups in total. The molecule has 0 aliphatic heterocycles. The maximum absolute atomic E-state index is 5.72. The Labute approximate surface area is 87.1 Å². The van der Waals surface area contributed by atoms with E-state index in [1.165, 1.54) is 0 Å². The van der Waals surface area contributed by atoms with Crippen LogP contribution in [-0.2, 0) is 0 Å². The van der Waals surface area contributed by atoms with Gasteiger partial charge in [0.2, 0.25) is 5.95 Å². The van der Waals surface area contributed by atoms with E-state index in [-0.39, 0.29) is 5.95 Å². The summed E-state index contributed by atoms with van der Waals surface area (Å²) < 4.78 is 0. The summed E-state index contributed by atoms with van der Waals surface area (Å²) in [5, 5.41) is 1.24. The lowest BCUT2D eigenvalue weighted by Crippen LogP contribution is -1.97. The van der Waals surface area contributed by atoms with Crippen LogP contribution in [-0.4, -0.2) is 15.7 Å². The zero-order valence-electron chi connectivity index (χ0n) is 7.62. The van der Waals surface area contributed by atoms with Crippen molar-refractivity contribution in [2.45, 2.75) is 18.9 Å². The Kier molecular flexibility index (Phi) is 3.81. The summed E-state index contributed by atoms with van der Waals surface area (Å²) in [6, 6.07) is 1.73. The molecule has 0 unspecified atom stereocenters. The highest BCUT2D eigenvalue weighted by Gasteiger charge is 2.02. The number of nitrogens with two attached hydrogens (primary N) is 1. The van der Waals surface area contributed by atoms with E-state index in [0.717, 1.165) is 10.8 Å². The monoisotopic (exact) mass is 217 g/mol. The third-order valence-electron chi connectivity index (χ3n) is 1.25. The Balaban J connectivity index is 2.66. The Bertz CT molecular complexity index is 270. The van der Waals surface area contributed by atoms with Gasteiger partial charge in [0.15, 0.2) is 0 Å². The zero-order valence-corrected chi connectivity index (χ0v) is 9.19. The molecular formula is C8H12ClN3S. The summed E-state index contributed by atoms with van der Waals surface area (Å²) in [5.74, 6) is 1.87. The molecule has 0 saturated heterocycles. The molecule has 0 aliphatic rings. The minimum Gasteiger partial charge on any atom is -0.368 e. The fourth-order valence-corrected chi connectivity index (χ4v) is 1.85. The first-order chi connectivity index (χ1) is 6.08. The van der Waals surface area contributed by atoms with Gasteiger partial charge in [-0.2, -0.15) is 0 Å². The average Bonchev–Trinajstić information content (AvgIpc) is 1.99. The summed E-state index contributed by atoms with van der Waals surface area (Å²) in [7, 11) is 0. The maximum atomic E-state index is 5.72. The normalized spacial score (nSPS) is 10.8. The van der Waals surface area contributed by atoms with Crippen LogP contribution in [0.25, 0.3) is 0 Å². The largest absolute Gasteiger partial charge is 0.368 e. The van der Waals surface area contributed by atoms with Crippen LogP contribution in [0.1, 0.15) is 13.8 Å². The van der Waals surface area contributed by atoms with Crippen LogP contribution in [0.3, 0.4) is 0 Å².